The van der Waals surface area contributed by atoms with E-state index in [9.17, 15) is 0 Å². The summed E-state index contributed by atoms with van der Waals surface area (Å²) in [5, 5.41) is 0. The third kappa shape index (κ3) is 4.48. The fourth-order valence-electron chi connectivity index (χ4n) is 1.14. The Kier molecular flexibility index (Phi) is 4.27. The summed E-state index contributed by atoms with van der Waals surface area (Å²) in [5.74, 6) is 0. The highest BCUT2D eigenvalue weighted by molar-refractivity contribution is 5.48. The van der Waals surface area contributed by atoms with Crippen LogP contribution < -0.4 is 5.73 Å². The second-order valence-corrected chi connectivity index (χ2v) is 3.37. The average Bonchev–Trinajstić information content (AvgIpc) is 2.14. The van der Waals surface area contributed by atoms with Gasteiger partial charge in [0.25, 0.3) is 0 Å². The van der Waals surface area contributed by atoms with Crippen molar-refractivity contribution in [3.63, 3.8) is 0 Å². The maximum absolute atomic E-state index is 5.64. The molecular formula is C12H17N. The van der Waals surface area contributed by atoms with Crippen LogP contribution >= 0.6 is 0 Å². The number of hydrogen-bond acceptors (Lipinski definition) is 1. The Morgan fingerprint density at radius 1 is 1.31 bits per heavy atom. The zero-order chi connectivity index (χ0) is 9.52. The van der Waals surface area contributed by atoms with E-state index < -0.39 is 0 Å². The van der Waals surface area contributed by atoms with E-state index in [1.165, 1.54) is 5.56 Å². The predicted molar refractivity (Wildman–Crippen MR) is 58.4 cm³/mol. The van der Waals surface area contributed by atoms with Crippen LogP contribution in [0, 0.1) is 0 Å². The van der Waals surface area contributed by atoms with E-state index in [0.29, 0.717) is 6.04 Å². The molecule has 1 aromatic rings. The average molecular weight is 175 g/mol. The summed E-state index contributed by atoms with van der Waals surface area (Å²) in [6.45, 7) is 2.04. The van der Waals surface area contributed by atoms with Crippen molar-refractivity contribution in [1.29, 1.82) is 0 Å². The molecule has 0 unspecified atom stereocenters. The molecule has 0 saturated heterocycles. The molecule has 0 aliphatic carbocycles. The lowest BCUT2D eigenvalue weighted by Gasteiger charge is -1.99. The summed E-state index contributed by atoms with van der Waals surface area (Å²) in [4.78, 5) is 0. The standard InChI is InChI=1S/C12H17N/c1-11(13)7-5-6-10-12-8-3-2-4-9-12/h2-4,6,8-11H,5,7,13H2,1H3/b10-6+/t11-/m0/s1. The molecule has 2 N–H and O–H groups in total. The molecule has 0 saturated carbocycles. The lowest BCUT2D eigenvalue weighted by molar-refractivity contribution is 0.677. The topological polar surface area (TPSA) is 26.0 Å². The van der Waals surface area contributed by atoms with Crippen molar-refractivity contribution in [2.24, 2.45) is 5.73 Å². The third-order valence-electron chi connectivity index (χ3n) is 1.90. The smallest absolute Gasteiger partial charge is 0.00134 e. The molecule has 1 nitrogen and oxygen atoms in total. The SMILES string of the molecule is C[C@H](N)CC/C=C/c1ccccc1. The summed E-state index contributed by atoms with van der Waals surface area (Å²) in [6, 6.07) is 10.6. The molecule has 1 aromatic carbocycles. The van der Waals surface area contributed by atoms with Crippen LogP contribution in [0.1, 0.15) is 25.3 Å². The van der Waals surface area contributed by atoms with Gasteiger partial charge in [-0.25, -0.2) is 0 Å². The first kappa shape index (κ1) is 10.0. The Balaban J connectivity index is 2.33. The Bertz CT molecular complexity index is 249. The number of allylic oxidation sites excluding steroid dienone is 1. The highest BCUT2D eigenvalue weighted by Gasteiger charge is 1.89. The van der Waals surface area contributed by atoms with Crippen molar-refractivity contribution >= 4 is 6.08 Å². The van der Waals surface area contributed by atoms with Crippen LogP contribution in [0.2, 0.25) is 0 Å². The van der Waals surface area contributed by atoms with Crippen LogP contribution in [-0.4, -0.2) is 6.04 Å². The maximum Gasteiger partial charge on any atom is 0.00134 e. The van der Waals surface area contributed by atoms with Gasteiger partial charge in [0, 0.05) is 6.04 Å². The molecule has 1 rings (SSSR count). The summed E-state index contributed by atoms with van der Waals surface area (Å²) in [5.41, 5.74) is 6.89. The normalized spacial score (nSPS) is 13.4. The maximum atomic E-state index is 5.64. The molecule has 0 fully saturated rings. The Morgan fingerprint density at radius 2 is 2.00 bits per heavy atom. The van der Waals surface area contributed by atoms with Gasteiger partial charge < -0.3 is 5.73 Å². The van der Waals surface area contributed by atoms with Gasteiger partial charge in [-0.05, 0) is 25.3 Å². The quantitative estimate of drug-likeness (QED) is 0.748. The largest absolute Gasteiger partial charge is 0.328 e. The van der Waals surface area contributed by atoms with Gasteiger partial charge in [-0.2, -0.15) is 0 Å². The molecule has 0 aromatic heterocycles. The van der Waals surface area contributed by atoms with E-state index >= 15 is 0 Å². The lowest BCUT2D eigenvalue weighted by atomic mass is 10.1. The fraction of sp³-hybridized carbons (Fsp3) is 0.333. The minimum atomic E-state index is 0.306. The van der Waals surface area contributed by atoms with Crippen molar-refractivity contribution in [2.75, 3.05) is 0 Å². The van der Waals surface area contributed by atoms with E-state index in [1.54, 1.807) is 0 Å². The van der Waals surface area contributed by atoms with Crippen LogP contribution in [0.25, 0.3) is 6.08 Å². The molecule has 0 radical (unpaired) electrons. The minimum absolute atomic E-state index is 0.306. The van der Waals surface area contributed by atoms with Crippen LogP contribution in [0.15, 0.2) is 36.4 Å². The van der Waals surface area contributed by atoms with Gasteiger partial charge >= 0.3 is 0 Å². The van der Waals surface area contributed by atoms with Gasteiger partial charge in [-0.1, -0.05) is 42.5 Å². The second-order valence-electron chi connectivity index (χ2n) is 3.37. The first-order valence-corrected chi connectivity index (χ1v) is 4.76. The summed E-state index contributed by atoms with van der Waals surface area (Å²) in [7, 11) is 0. The predicted octanol–water partition coefficient (Wildman–Crippen LogP) is 2.83. The third-order valence-corrected chi connectivity index (χ3v) is 1.90. The molecule has 0 heterocycles. The molecule has 0 aliphatic rings. The van der Waals surface area contributed by atoms with Crippen LogP contribution in [0.3, 0.4) is 0 Å². The molecule has 70 valence electrons. The van der Waals surface area contributed by atoms with Crippen molar-refractivity contribution < 1.29 is 0 Å². The van der Waals surface area contributed by atoms with Crippen molar-refractivity contribution in [2.45, 2.75) is 25.8 Å². The van der Waals surface area contributed by atoms with Gasteiger partial charge in [0.1, 0.15) is 0 Å². The van der Waals surface area contributed by atoms with E-state index in [1.807, 2.05) is 25.1 Å². The molecule has 13 heavy (non-hydrogen) atoms. The van der Waals surface area contributed by atoms with Crippen molar-refractivity contribution in [3.05, 3.63) is 42.0 Å². The molecule has 1 atom stereocenters. The summed E-state index contributed by atoms with van der Waals surface area (Å²) < 4.78 is 0. The van der Waals surface area contributed by atoms with E-state index in [4.69, 9.17) is 5.73 Å². The zero-order valence-corrected chi connectivity index (χ0v) is 8.11. The van der Waals surface area contributed by atoms with Gasteiger partial charge in [0.2, 0.25) is 0 Å². The van der Waals surface area contributed by atoms with E-state index in [-0.39, 0.29) is 0 Å². The first-order valence-electron chi connectivity index (χ1n) is 4.76. The minimum Gasteiger partial charge on any atom is -0.328 e. The van der Waals surface area contributed by atoms with Gasteiger partial charge in [0.15, 0.2) is 0 Å². The number of benzene rings is 1. The van der Waals surface area contributed by atoms with Gasteiger partial charge in [0.05, 0.1) is 0 Å². The number of hydrogen-bond donors (Lipinski definition) is 1. The molecule has 0 amide bonds. The fourth-order valence-corrected chi connectivity index (χ4v) is 1.14. The van der Waals surface area contributed by atoms with Crippen LogP contribution in [0.5, 0.6) is 0 Å². The Hall–Kier alpha value is -1.08. The van der Waals surface area contributed by atoms with Crippen LogP contribution in [-0.2, 0) is 0 Å². The second kappa shape index (κ2) is 5.55. The van der Waals surface area contributed by atoms with Crippen LogP contribution in [0.4, 0.5) is 0 Å². The van der Waals surface area contributed by atoms with Gasteiger partial charge in [-0.15, -0.1) is 0 Å². The highest BCUT2D eigenvalue weighted by atomic mass is 14.6. The van der Waals surface area contributed by atoms with E-state index in [2.05, 4.69) is 24.3 Å². The summed E-state index contributed by atoms with van der Waals surface area (Å²) >= 11 is 0. The molecule has 0 bridgehead atoms. The zero-order valence-electron chi connectivity index (χ0n) is 8.11. The number of nitrogens with two attached hydrogens (primary N) is 1. The molecular weight excluding hydrogens is 158 g/mol. The molecule has 1 heteroatoms. The summed E-state index contributed by atoms with van der Waals surface area (Å²) in [6.07, 6.45) is 6.44. The highest BCUT2D eigenvalue weighted by Crippen LogP contribution is 2.03. The Morgan fingerprint density at radius 3 is 2.62 bits per heavy atom. The van der Waals surface area contributed by atoms with E-state index in [0.717, 1.165) is 12.8 Å². The lowest BCUT2D eigenvalue weighted by Crippen LogP contribution is -2.13. The first-order chi connectivity index (χ1) is 6.29. The Labute approximate surface area is 80.3 Å². The van der Waals surface area contributed by atoms with Crippen molar-refractivity contribution in [1.82, 2.24) is 0 Å². The van der Waals surface area contributed by atoms with Gasteiger partial charge in [-0.3, -0.25) is 0 Å². The molecule has 0 aliphatic heterocycles. The number of rotatable bonds is 4. The molecule has 0 spiro atoms. The monoisotopic (exact) mass is 175 g/mol. The van der Waals surface area contributed by atoms with Crippen molar-refractivity contribution in [3.8, 4) is 0 Å².